The standard InChI is InChI=1S/C18H35N3/c1-4-19-18-11-14(2)10-15(3)17(18)13-20-8-9-21-7-5-6-16(21)12-20/h14-19H,4-13H2,1-3H3. The summed E-state index contributed by atoms with van der Waals surface area (Å²) in [6.07, 6.45) is 5.67. The first kappa shape index (κ1) is 15.8. The van der Waals surface area contributed by atoms with Crippen molar-refractivity contribution in [3.05, 3.63) is 0 Å². The number of hydrogen-bond acceptors (Lipinski definition) is 3. The van der Waals surface area contributed by atoms with E-state index >= 15 is 0 Å². The number of hydrogen-bond donors (Lipinski definition) is 1. The van der Waals surface area contributed by atoms with E-state index < -0.39 is 0 Å². The van der Waals surface area contributed by atoms with Gasteiger partial charge < -0.3 is 10.2 Å². The summed E-state index contributed by atoms with van der Waals surface area (Å²) in [5.74, 6) is 2.63. The van der Waals surface area contributed by atoms with Gasteiger partial charge in [-0.3, -0.25) is 4.90 Å². The van der Waals surface area contributed by atoms with Crippen molar-refractivity contribution in [2.24, 2.45) is 17.8 Å². The Labute approximate surface area is 131 Å². The van der Waals surface area contributed by atoms with E-state index in [0.29, 0.717) is 0 Å². The van der Waals surface area contributed by atoms with E-state index in [0.717, 1.165) is 36.4 Å². The smallest absolute Gasteiger partial charge is 0.0224 e. The molecule has 0 aromatic heterocycles. The number of fused-ring (bicyclic) bond motifs is 1. The van der Waals surface area contributed by atoms with Gasteiger partial charge in [-0.25, -0.2) is 0 Å². The highest BCUT2D eigenvalue weighted by Gasteiger charge is 2.37. The summed E-state index contributed by atoms with van der Waals surface area (Å²) < 4.78 is 0. The number of rotatable bonds is 4. The summed E-state index contributed by atoms with van der Waals surface area (Å²) in [5.41, 5.74) is 0. The molecule has 0 aromatic carbocycles. The van der Waals surface area contributed by atoms with Gasteiger partial charge in [0.05, 0.1) is 0 Å². The third-order valence-electron chi connectivity index (χ3n) is 6.28. The van der Waals surface area contributed by atoms with Gasteiger partial charge >= 0.3 is 0 Å². The molecule has 0 radical (unpaired) electrons. The highest BCUT2D eigenvalue weighted by Crippen LogP contribution is 2.35. The maximum Gasteiger partial charge on any atom is 0.0224 e. The Kier molecular flexibility index (Phi) is 5.23. The Morgan fingerprint density at radius 1 is 1.10 bits per heavy atom. The van der Waals surface area contributed by atoms with Gasteiger partial charge in [0.25, 0.3) is 0 Å². The molecule has 21 heavy (non-hydrogen) atoms. The van der Waals surface area contributed by atoms with Crippen LogP contribution in [-0.2, 0) is 0 Å². The lowest BCUT2D eigenvalue weighted by Crippen LogP contribution is -2.55. The molecule has 1 N–H and O–H groups in total. The van der Waals surface area contributed by atoms with Crippen LogP contribution in [0.25, 0.3) is 0 Å². The highest BCUT2D eigenvalue weighted by molar-refractivity contribution is 4.92. The first-order valence-electron chi connectivity index (χ1n) is 9.37. The zero-order valence-electron chi connectivity index (χ0n) is 14.4. The van der Waals surface area contributed by atoms with Gasteiger partial charge in [-0.15, -0.1) is 0 Å². The summed E-state index contributed by atoms with van der Waals surface area (Å²) in [5, 5.41) is 3.79. The van der Waals surface area contributed by atoms with Gasteiger partial charge in [0.2, 0.25) is 0 Å². The zero-order valence-corrected chi connectivity index (χ0v) is 14.4. The lowest BCUT2D eigenvalue weighted by atomic mass is 9.72. The Morgan fingerprint density at radius 2 is 1.95 bits per heavy atom. The molecule has 0 spiro atoms. The fourth-order valence-electron chi connectivity index (χ4n) is 5.23. The molecule has 1 aliphatic carbocycles. The van der Waals surface area contributed by atoms with Crippen LogP contribution in [0.15, 0.2) is 0 Å². The maximum atomic E-state index is 3.79. The van der Waals surface area contributed by atoms with Crippen molar-refractivity contribution in [1.82, 2.24) is 15.1 Å². The number of nitrogens with zero attached hydrogens (tertiary/aromatic N) is 2. The lowest BCUT2D eigenvalue weighted by Gasteiger charge is -2.45. The average molecular weight is 293 g/mol. The van der Waals surface area contributed by atoms with E-state index in [1.54, 1.807) is 0 Å². The summed E-state index contributed by atoms with van der Waals surface area (Å²) in [4.78, 5) is 5.51. The minimum atomic E-state index is 0.746. The second-order valence-corrected chi connectivity index (χ2v) is 7.97. The Morgan fingerprint density at radius 3 is 2.76 bits per heavy atom. The van der Waals surface area contributed by atoms with Crippen molar-refractivity contribution in [3.63, 3.8) is 0 Å². The van der Waals surface area contributed by atoms with Gasteiger partial charge in [0.1, 0.15) is 0 Å². The minimum Gasteiger partial charge on any atom is -0.314 e. The lowest BCUT2D eigenvalue weighted by molar-refractivity contribution is 0.0541. The van der Waals surface area contributed by atoms with Crippen molar-refractivity contribution in [2.45, 2.75) is 58.5 Å². The molecule has 1 saturated carbocycles. The van der Waals surface area contributed by atoms with Crippen molar-refractivity contribution < 1.29 is 0 Å². The Hall–Kier alpha value is -0.120. The molecule has 0 amide bonds. The van der Waals surface area contributed by atoms with Crippen LogP contribution in [0.3, 0.4) is 0 Å². The first-order valence-corrected chi connectivity index (χ1v) is 9.37. The molecule has 2 saturated heterocycles. The average Bonchev–Trinajstić information content (AvgIpc) is 2.90. The van der Waals surface area contributed by atoms with Crippen LogP contribution in [-0.4, -0.2) is 61.2 Å². The summed E-state index contributed by atoms with van der Waals surface area (Å²) in [7, 11) is 0. The third kappa shape index (κ3) is 3.62. The van der Waals surface area contributed by atoms with Crippen LogP contribution in [0.1, 0.15) is 46.5 Å². The second-order valence-electron chi connectivity index (χ2n) is 7.97. The van der Waals surface area contributed by atoms with E-state index in [9.17, 15) is 0 Å². The van der Waals surface area contributed by atoms with Gasteiger partial charge in [0, 0.05) is 38.3 Å². The minimum absolute atomic E-state index is 0.746. The predicted octanol–water partition coefficient (Wildman–Crippen LogP) is 2.43. The van der Waals surface area contributed by atoms with Crippen LogP contribution in [0.5, 0.6) is 0 Å². The largest absolute Gasteiger partial charge is 0.314 e. The molecule has 2 aliphatic heterocycles. The molecule has 5 unspecified atom stereocenters. The molecule has 3 nitrogen and oxygen atoms in total. The molecule has 3 aliphatic rings. The highest BCUT2D eigenvalue weighted by atomic mass is 15.3. The van der Waals surface area contributed by atoms with Crippen molar-refractivity contribution in [1.29, 1.82) is 0 Å². The van der Waals surface area contributed by atoms with E-state index in [1.165, 1.54) is 58.4 Å². The van der Waals surface area contributed by atoms with Gasteiger partial charge in [-0.05, 0) is 56.5 Å². The van der Waals surface area contributed by atoms with Crippen LogP contribution in [0.2, 0.25) is 0 Å². The van der Waals surface area contributed by atoms with Crippen LogP contribution < -0.4 is 5.32 Å². The van der Waals surface area contributed by atoms with Gasteiger partial charge in [-0.1, -0.05) is 20.8 Å². The van der Waals surface area contributed by atoms with Crippen LogP contribution >= 0.6 is 0 Å². The monoisotopic (exact) mass is 293 g/mol. The SMILES string of the molecule is CCNC1CC(C)CC(C)C1CN1CCN2CCCC2C1. The van der Waals surface area contributed by atoms with E-state index in [4.69, 9.17) is 0 Å². The summed E-state index contributed by atoms with van der Waals surface area (Å²) >= 11 is 0. The summed E-state index contributed by atoms with van der Waals surface area (Å²) in [6.45, 7) is 15.0. The van der Waals surface area contributed by atoms with Crippen LogP contribution in [0.4, 0.5) is 0 Å². The first-order chi connectivity index (χ1) is 10.2. The van der Waals surface area contributed by atoms with E-state index in [1.807, 2.05) is 0 Å². The number of piperazine rings is 1. The maximum absolute atomic E-state index is 3.79. The predicted molar refractivity (Wildman–Crippen MR) is 89.6 cm³/mol. The fourth-order valence-corrected chi connectivity index (χ4v) is 5.23. The van der Waals surface area contributed by atoms with Gasteiger partial charge in [-0.2, -0.15) is 0 Å². The molecular formula is C18H35N3. The fraction of sp³-hybridized carbons (Fsp3) is 1.00. The second kappa shape index (κ2) is 6.97. The Balaban J connectivity index is 1.58. The molecular weight excluding hydrogens is 258 g/mol. The van der Waals surface area contributed by atoms with E-state index in [2.05, 4.69) is 35.9 Å². The van der Waals surface area contributed by atoms with Gasteiger partial charge in [0.15, 0.2) is 0 Å². The quantitative estimate of drug-likeness (QED) is 0.859. The molecule has 5 atom stereocenters. The van der Waals surface area contributed by atoms with E-state index in [-0.39, 0.29) is 0 Å². The normalized spacial score (nSPS) is 42.1. The number of nitrogens with one attached hydrogen (secondary N) is 1. The molecule has 0 aromatic rings. The third-order valence-corrected chi connectivity index (χ3v) is 6.28. The molecule has 3 heteroatoms. The molecule has 3 fully saturated rings. The van der Waals surface area contributed by atoms with Crippen molar-refractivity contribution in [2.75, 3.05) is 39.3 Å². The molecule has 3 rings (SSSR count). The van der Waals surface area contributed by atoms with Crippen LogP contribution in [0, 0.1) is 17.8 Å². The topological polar surface area (TPSA) is 18.5 Å². The summed E-state index contributed by atoms with van der Waals surface area (Å²) in [6, 6.07) is 1.62. The molecule has 2 heterocycles. The van der Waals surface area contributed by atoms with Crippen molar-refractivity contribution in [3.8, 4) is 0 Å². The zero-order chi connectivity index (χ0) is 14.8. The molecule has 0 bridgehead atoms. The Bertz CT molecular complexity index is 332. The molecule has 122 valence electrons. The van der Waals surface area contributed by atoms with Crippen molar-refractivity contribution >= 4 is 0 Å².